The number of aromatic nitrogens is 2. The molecule has 0 spiro atoms. The fourth-order valence-corrected chi connectivity index (χ4v) is 1.41. The minimum atomic E-state index is 0.680. The van der Waals surface area contributed by atoms with Crippen molar-refractivity contribution in [1.29, 1.82) is 0 Å². The van der Waals surface area contributed by atoms with Gasteiger partial charge in [-0.3, -0.25) is 0 Å². The maximum Gasteiger partial charge on any atom is 0.220 e. The summed E-state index contributed by atoms with van der Waals surface area (Å²) in [4.78, 5) is 8.47. The van der Waals surface area contributed by atoms with Crippen LogP contribution in [0.2, 0.25) is 0 Å². The van der Waals surface area contributed by atoms with Gasteiger partial charge in [-0.2, -0.15) is 4.98 Å². The maximum atomic E-state index is 5.19. The molecule has 0 bridgehead atoms. The molecule has 1 heterocycles. The molecule has 5 heteroatoms. The molecule has 0 amide bonds. The van der Waals surface area contributed by atoms with Crippen molar-refractivity contribution in [2.45, 2.75) is 11.6 Å². The Morgan fingerprint density at radius 1 is 1.57 bits per heavy atom. The zero-order valence-corrected chi connectivity index (χ0v) is 9.52. The Morgan fingerprint density at radius 2 is 2.36 bits per heavy atom. The Balaban J connectivity index is 2.82. The topological polar surface area (TPSA) is 47.0 Å². The van der Waals surface area contributed by atoms with Gasteiger partial charge in [0.05, 0.1) is 7.11 Å². The molecule has 1 rings (SSSR count). The summed E-state index contributed by atoms with van der Waals surface area (Å²) in [6.07, 6.45) is 4.66. The number of hydrogen-bond acceptors (Lipinski definition) is 5. The van der Waals surface area contributed by atoms with Crippen molar-refractivity contribution in [3.05, 3.63) is 11.8 Å². The van der Waals surface area contributed by atoms with Crippen LogP contribution in [0.3, 0.4) is 0 Å². The molecule has 0 aliphatic rings. The number of nitrogens with zero attached hydrogens (tertiary/aromatic N) is 2. The summed E-state index contributed by atoms with van der Waals surface area (Å²) in [5.41, 5.74) is 1.04. The van der Waals surface area contributed by atoms with Crippen LogP contribution in [-0.4, -0.2) is 36.9 Å². The van der Waals surface area contributed by atoms with Crippen LogP contribution in [0.5, 0.6) is 5.88 Å². The summed E-state index contributed by atoms with van der Waals surface area (Å²) in [6, 6.07) is 0. The lowest BCUT2D eigenvalue weighted by atomic mass is 10.2. The van der Waals surface area contributed by atoms with Crippen LogP contribution >= 0.6 is 11.8 Å². The molecule has 1 aromatic rings. The third kappa shape index (κ3) is 2.85. The lowest BCUT2D eigenvalue weighted by Crippen LogP contribution is -2.11. The van der Waals surface area contributed by atoms with E-state index in [9.17, 15) is 0 Å². The predicted octanol–water partition coefficient (Wildman–Crippen LogP) is 0.969. The number of methoxy groups -OCH3 is 1. The van der Waals surface area contributed by atoms with Gasteiger partial charge in [0.2, 0.25) is 5.88 Å². The first-order valence-electron chi connectivity index (χ1n) is 4.40. The van der Waals surface area contributed by atoms with Crippen molar-refractivity contribution in [3.8, 4) is 5.88 Å². The minimum Gasteiger partial charge on any atom is -0.481 e. The molecule has 0 atom stereocenters. The van der Waals surface area contributed by atoms with Crippen molar-refractivity contribution in [1.82, 2.24) is 15.3 Å². The third-order valence-electron chi connectivity index (χ3n) is 1.82. The van der Waals surface area contributed by atoms with Gasteiger partial charge in [-0.1, -0.05) is 11.8 Å². The molecule has 0 fully saturated rings. The van der Waals surface area contributed by atoms with Gasteiger partial charge < -0.3 is 10.1 Å². The van der Waals surface area contributed by atoms with E-state index in [2.05, 4.69) is 15.3 Å². The number of rotatable bonds is 5. The molecule has 0 saturated heterocycles. The van der Waals surface area contributed by atoms with Gasteiger partial charge in [-0.25, -0.2) is 4.98 Å². The summed E-state index contributed by atoms with van der Waals surface area (Å²) in [5, 5.41) is 3.83. The summed E-state index contributed by atoms with van der Waals surface area (Å²) in [7, 11) is 3.55. The average molecular weight is 213 g/mol. The summed E-state index contributed by atoms with van der Waals surface area (Å²) >= 11 is 1.51. The van der Waals surface area contributed by atoms with Gasteiger partial charge in [0.1, 0.15) is 0 Å². The Kier molecular flexibility index (Phi) is 4.69. The van der Waals surface area contributed by atoms with Crippen LogP contribution in [0.4, 0.5) is 0 Å². The Hall–Kier alpha value is -0.810. The quantitative estimate of drug-likeness (QED) is 0.583. The second-order valence-electron chi connectivity index (χ2n) is 2.74. The lowest BCUT2D eigenvalue weighted by molar-refractivity contribution is 0.386. The van der Waals surface area contributed by atoms with Crippen LogP contribution in [0.25, 0.3) is 0 Å². The van der Waals surface area contributed by atoms with E-state index in [1.165, 1.54) is 11.8 Å². The van der Waals surface area contributed by atoms with Crippen molar-refractivity contribution in [2.75, 3.05) is 27.0 Å². The van der Waals surface area contributed by atoms with Crippen molar-refractivity contribution in [2.24, 2.45) is 0 Å². The molecule has 0 aliphatic heterocycles. The molecule has 4 nitrogen and oxygen atoms in total. The number of likely N-dealkylation sites (N-methyl/N-ethyl adjacent to an activating group) is 1. The van der Waals surface area contributed by atoms with Crippen LogP contribution in [-0.2, 0) is 6.42 Å². The van der Waals surface area contributed by atoms with Crippen molar-refractivity contribution < 1.29 is 4.74 Å². The molecule has 1 aromatic heterocycles. The van der Waals surface area contributed by atoms with Gasteiger partial charge in [-0.05, 0) is 26.3 Å². The van der Waals surface area contributed by atoms with Crippen LogP contribution in [0.15, 0.2) is 11.4 Å². The highest BCUT2D eigenvalue weighted by molar-refractivity contribution is 7.98. The van der Waals surface area contributed by atoms with Crippen molar-refractivity contribution >= 4 is 11.8 Å². The highest BCUT2D eigenvalue weighted by Crippen LogP contribution is 2.18. The molecule has 0 aromatic carbocycles. The largest absolute Gasteiger partial charge is 0.481 e. The number of hydrogen-bond donors (Lipinski definition) is 1. The predicted molar refractivity (Wildman–Crippen MR) is 58.0 cm³/mol. The monoisotopic (exact) mass is 213 g/mol. The van der Waals surface area contributed by atoms with E-state index >= 15 is 0 Å². The van der Waals surface area contributed by atoms with E-state index in [0.29, 0.717) is 5.88 Å². The van der Waals surface area contributed by atoms with E-state index in [1.54, 1.807) is 7.11 Å². The molecule has 0 unspecified atom stereocenters. The van der Waals surface area contributed by atoms with Gasteiger partial charge in [0.15, 0.2) is 5.16 Å². The Labute approximate surface area is 88.5 Å². The van der Waals surface area contributed by atoms with Crippen LogP contribution in [0, 0.1) is 0 Å². The number of thioether (sulfide) groups is 1. The van der Waals surface area contributed by atoms with Gasteiger partial charge in [0, 0.05) is 11.8 Å². The molecule has 1 N–H and O–H groups in total. The summed E-state index contributed by atoms with van der Waals surface area (Å²) < 4.78 is 5.19. The van der Waals surface area contributed by atoms with E-state index in [4.69, 9.17) is 4.74 Å². The Bertz CT molecular complexity index is 293. The normalized spacial score (nSPS) is 10.2. The third-order valence-corrected chi connectivity index (χ3v) is 2.38. The molecule has 14 heavy (non-hydrogen) atoms. The molecule has 78 valence electrons. The molecule has 0 radical (unpaired) electrons. The van der Waals surface area contributed by atoms with Crippen LogP contribution in [0.1, 0.15) is 5.56 Å². The fraction of sp³-hybridized carbons (Fsp3) is 0.556. The maximum absolute atomic E-state index is 5.19. The summed E-state index contributed by atoms with van der Waals surface area (Å²) in [5.74, 6) is 0.680. The van der Waals surface area contributed by atoms with Gasteiger partial charge in [-0.15, -0.1) is 0 Å². The first-order chi connectivity index (χ1) is 6.81. The first kappa shape index (κ1) is 11.3. The molecular weight excluding hydrogens is 198 g/mol. The SMILES string of the molecule is CNCCc1cnc(SC)nc1OC. The lowest BCUT2D eigenvalue weighted by Gasteiger charge is -2.07. The number of ether oxygens (including phenoxy) is 1. The number of nitrogens with one attached hydrogen (secondary N) is 1. The zero-order valence-electron chi connectivity index (χ0n) is 8.70. The average Bonchev–Trinajstić information content (AvgIpc) is 2.26. The van der Waals surface area contributed by atoms with E-state index in [1.807, 2.05) is 19.5 Å². The Morgan fingerprint density at radius 3 is 2.93 bits per heavy atom. The van der Waals surface area contributed by atoms with E-state index in [-0.39, 0.29) is 0 Å². The minimum absolute atomic E-state index is 0.680. The smallest absolute Gasteiger partial charge is 0.220 e. The molecular formula is C9H15N3OS. The summed E-state index contributed by atoms with van der Waals surface area (Å²) in [6.45, 7) is 0.901. The highest BCUT2D eigenvalue weighted by Gasteiger charge is 2.06. The highest BCUT2D eigenvalue weighted by atomic mass is 32.2. The van der Waals surface area contributed by atoms with Gasteiger partial charge >= 0.3 is 0 Å². The fourth-order valence-electron chi connectivity index (χ4n) is 1.08. The standard InChI is InChI=1S/C9H15N3OS/c1-10-5-4-7-6-11-9(14-3)12-8(7)13-2/h6,10H,4-5H2,1-3H3. The van der Waals surface area contributed by atoms with E-state index < -0.39 is 0 Å². The molecule has 0 saturated carbocycles. The second-order valence-corrected chi connectivity index (χ2v) is 3.52. The van der Waals surface area contributed by atoms with Crippen molar-refractivity contribution in [3.63, 3.8) is 0 Å². The first-order valence-corrected chi connectivity index (χ1v) is 5.62. The van der Waals surface area contributed by atoms with E-state index in [0.717, 1.165) is 23.7 Å². The second kappa shape index (κ2) is 5.82. The molecule has 0 aliphatic carbocycles. The zero-order chi connectivity index (χ0) is 10.4. The van der Waals surface area contributed by atoms with Gasteiger partial charge in [0.25, 0.3) is 0 Å². The van der Waals surface area contributed by atoms with Crippen LogP contribution < -0.4 is 10.1 Å².